The molecule has 1 aromatic heterocycles. The van der Waals surface area contributed by atoms with E-state index in [1.165, 1.54) is 12.1 Å². The number of carbonyl (C=O) groups excluding carboxylic acids is 1. The van der Waals surface area contributed by atoms with E-state index in [9.17, 15) is 14.9 Å². The van der Waals surface area contributed by atoms with Gasteiger partial charge < -0.3 is 11.1 Å². The van der Waals surface area contributed by atoms with E-state index in [0.29, 0.717) is 23.4 Å². The Morgan fingerprint density at radius 3 is 2.86 bits per heavy atom. The second-order valence-electron chi connectivity index (χ2n) is 5.21. The molecule has 0 bridgehead atoms. The molecule has 0 spiro atoms. The first-order valence-corrected chi connectivity index (χ1v) is 6.73. The summed E-state index contributed by atoms with van der Waals surface area (Å²) in [6.45, 7) is 0.374. The third-order valence-corrected chi connectivity index (χ3v) is 3.73. The number of nitrogens with one attached hydrogen (secondary N) is 2. The van der Waals surface area contributed by atoms with E-state index in [-0.39, 0.29) is 35.7 Å². The number of rotatable bonds is 5. The molecule has 9 heteroatoms. The van der Waals surface area contributed by atoms with Crippen LogP contribution in [-0.2, 0) is 0 Å². The van der Waals surface area contributed by atoms with Crippen LogP contribution in [0.3, 0.4) is 0 Å². The number of amides is 1. The van der Waals surface area contributed by atoms with Crippen molar-refractivity contribution in [2.45, 2.75) is 18.9 Å². The van der Waals surface area contributed by atoms with Crippen molar-refractivity contribution in [3.05, 3.63) is 34.0 Å². The maximum Gasteiger partial charge on any atom is 0.272 e. The summed E-state index contributed by atoms with van der Waals surface area (Å²) in [5.74, 6) is 0.0718. The van der Waals surface area contributed by atoms with Crippen LogP contribution in [0.25, 0.3) is 10.9 Å². The first-order valence-electron chi connectivity index (χ1n) is 6.73. The van der Waals surface area contributed by atoms with E-state index in [2.05, 4.69) is 15.5 Å². The number of carbonyl (C=O) groups is 1. The Balaban J connectivity index is 0.00000176. The van der Waals surface area contributed by atoms with Gasteiger partial charge in [0.2, 0.25) is 0 Å². The summed E-state index contributed by atoms with van der Waals surface area (Å²) in [5.41, 5.74) is 6.33. The van der Waals surface area contributed by atoms with Crippen LogP contribution in [-0.4, -0.2) is 33.6 Å². The molecule has 22 heavy (non-hydrogen) atoms. The first-order chi connectivity index (χ1) is 10.1. The highest BCUT2D eigenvalue weighted by Gasteiger charge is 2.32. The van der Waals surface area contributed by atoms with Crippen LogP contribution in [0.2, 0.25) is 0 Å². The number of hydrogen-bond donors (Lipinski definition) is 3. The average molecular weight is 326 g/mol. The van der Waals surface area contributed by atoms with Crippen LogP contribution < -0.4 is 11.1 Å². The van der Waals surface area contributed by atoms with Gasteiger partial charge in [0, 0.05) is 30.1 Å². The highest BCUT2D eigenvalue weighted by molar-refractivity contribution is 6.05. The monoisotopic (exact) mass is 325 g/mol. The Bertz CT molecular complexity index is 713. The second-order valence-corrected chi connectivity index (χ2v) is 5.21. The van der Waals surface area contributed by atoms with Gasteiger partial charge >= 0.3 is 0 Å². The summed E-state index contributed by atoms with van der Waals surface area (Å²) < 4.78 is 0. The Hall–Kier alpha value is -2.19. The number of H-pyrrole nitrogens is 1. The minimum Gasteiger partial charge on any atom is -0.346 e. The minimum absolute atomic E-state index is 0. The molecular weight excluding hydrogens is 310 g/mol. The summed E-state index contributed by atoms with van der Waals surface area (Å²) in [6, 6.07) is 4.19. The SMILES string of the molecule is Cl.NCC(NC(=O)c1n[nH]c2ccc([N+](=O)[O-])cc12)C1CC1. The Labute approximate surface area is 132 Å². The van der Waals surface area contributed by atoms with Gasteiger partial charge in [-0.15, -0.1) is 12.4 Å². The van der Waals surface area contributed by atoms with E-state index in [1.807, 2.05) is 0 Å². The zero-order chi connectivity index (χ0) is 15.0. The quantitative estimate of drug-likeness (QED) is 0.565. The van der Waals surface area contributed by atoms with Gasteiger partial charge in [-0.2, -0.15) is 5.10 Å². The summed E-state index contributed by atoms with van der Waals surface area (Å²) in [4.78, 5) is 22.6. The van der Waals surface area contributed by atoms with Crippen molar-refractivity contribution in [2.24, 2.45) is 11.7 Å². The number of nitro benzene ring substituents is 1. The molecule has 1 atom stereocenters. The van der Waals surface area contributed by atoms with Crippen LogP contribution in [0.5, 0.6) is 0 Å². The molecule has 1 unspecified atom stereocenters. The van der Waals surface area contributed by atoms with Crippen molar-refractivity contribution in [2.75, 3.05) is 6.54 Å². The maximum atomic E-state index is 12.3. The molecule has 0 saturated heterocycles. The number of hydrogen-bond acceptors (Lipinski definition) is 5. The van der Waals surface area contributed by atoms with Crippen molar-refractivity contribution in [3.8, 4) is 0 Å². The number of nitro groups is 1. The van der Waals surface area contributed by atoms with Gasteiger partial charge in [-0.25, -0.2) is 0 Å². The molecule has 4 N–H and O–H groups in total. The van der Waals surface area contributed by atoms with Gasteiger partial charge in [-0.1, -0.05) is 0 Å². The zero-order valence-electron chi connectivity index (χ0n) is 11.6. The third kappa shape index (κ3) is 3.02. The lowest BCUT2D eigenvalue weighted by Crippen LogP contribution is -2.41. The van der Waals surface area contributed by atoms with Gasteiger partial charge in [0.25, 0.3) is 11.6 Å². The fourth-order valence-corrected chi connectivity index (χ4v) is 2.39. The number of halogens is 1. The fraction of sp³-hybridized carbons (Fsp3) is 0.385. The molecule has 3 rings (SSSR count). The van der Waals surface area contributed by atoms with Crippen molar-refractivity contribution in [1.82, 2.24) is 15.5 Å². The number of nitrogens with zero attached hydrogens (tertiary/aromatic N) is 2. The Morgan fingerprint density at radius 1 is 1.55 bits per heavy atom. The van der Waals surface area contributed by atoms with Crippen molar-refractivity contribution < 1.29 is 9.72 Å². The third-order valence-electron chi connectivity index (χ3n) is 3.73. The topological polar surface area (TPSA) is 127 Å². The van der Waals surface area contributed by atoms with Crippen LogP contribution in [0.15, 0.2) is 18.2 Å². The zero-order valence-corrected chi connectivity index (χ0v) is 12.4. The highest BCUT2D eigenvalue weighted by atomic mass is 35.5. The molecule has 1 heterocycles. The number of non-ortho nitro benzene ring substituents is 1. The van der Waals surface area contributed by atoms with Crippen LogP contribution in [0.4, 0.5) is 5.69 Å². The Kier molecular flexibility index (Phi) is 4.62. The van der Waals surface area contributed by atoms with Crippen LogP contribution in [0, 0.1) is 16.0 Å². The standard InChI is InChI=1S/C13H15N5O3.ClH/c14-6-11(7-1-2-7)15-13(19)12-9-5-8(18(20)21)3-4-10(9)16-17-12;/h3-5,7,11H,1-2,6,14H2,(H,15,19)(H,16,17);1H. The molecule has 8 nitrogen and oxygen atoms in total. The summed E-state index contributed by atoms with van der Waals surface area (Å²) in [5, 5.41) is 20.8. The lowest BCUT2D eigenvalue weighted by molar-refractivity contribution is -0.384. The molecule has 1 fully saturated rings. The molecule has 1 aliphatic rings. The molecule has 1 aromatic carbocycles. The predicted molar refractivity (Wildman–Crippen MR) is 83.0 cm³/mol. The second kappa shape index (κ2) is 6.29. The predicted octanol–water partition coefficient (Wildman–Crippen LogP) is 1.36. The smallest absolute Gasteiger partial charge is 0.272 e. The molecule has 1 saturated carbocycles. The number of benzene rings is 1. The lowest BCUT2D eigenvalue weighted by atomic mass is 10.1. The van der Waals surface area contributed by atoms with Crippen LogP contribution in [0.1, 0.15) is 23.3 Å². The number of aromatic nitrogens is 2. The van der Waals surface area contributed by atoms with E-state index in [1.54, 1.807) is 6.07 Å². The number of fused-ring (bicyclic) bond motifs is 1. The van der Waals surface area contributed by atoms with E-state index < -0.39 is 4.92 Å². The van der Waals surface area contributed by atoms with Gasteiger partial charge in [0.05, 0.1) is 10.4 Å². The first kappa shape index (κ1) is 16.2. The van der Waals surface area contributed by atoms with Crippen LogP contribution >= 0.6 is 12.4 Å². The maximum absolute atomic E-state index is 12.3. The van der Waals surface area contributed by atoms with E-state index >= 15 is 0 Å². The number of aromatic amines is 1. The largest absolute Gasteiger partial charge is 0.346 e. The lowest BCUT2D eigenvalue weighted by Gasteiger charge is -2.14. The molecule has 0 radical (unpaired) electrons. The minimum atomic E-state index is -0.499. The fourth-order valence-electron chi connectivity index (χ4n) is 2.39. The average Bonchev–Trinajstić information content (AvgIpc) is 3.22. The van der Waals surface area contributed by atoms with E-state index in [4.69, 9.17) is 5.73 Å². The molecule has 118 valence electrons. The van der Waals surface area contributed by atoms with Gasteiger partial charge in [-0.05, 0) is 24.8 Å². The van der Waals surface area contributed by atoms with Gasteiger partial charge in [0.15, 0.2) is 5.69 Å². The van der Waals surface area contributed by atoms with Crippen molar-refractivity contribution in [3.63, 3.8) is 0 Å². The Morgan fingerprint density at radius 2 is 2.27 bits per heavy atom. The molecular formula is C13H16ClN5O3. The van der Waals surface area contributed by atoms with Crippen molar-refractivity contribution in [1.29, 1.82) is 0 Å². The van der Waals surface area contributed by atoms with E-state index in [0.717, 1.165) is 12.8 Å². The van der Waals surface area contributed by atoms with Gasteiger partial charge in [0.1, 0.15) is 0 Å². The molecule has 1 amide bonds. The normalized spacial score (nSPS) is 15.1. The van der Waals surface area contributed by atoms with Crippen molar-refractivity contribution >= 4 is 34.9 Å². The van der Waals surface area contributed by atoms with Gasteiger partial charge in [-0.3, -0.25) is 20.0 Å². The molecule has 0 aliphatic heterocycles. The summed E-state index contributed by atoms with van der Waals surface area (Å²) >= 11 is 0. The molecule has 1 aliphatic carbocycles. The number of nitrogens with two attached hydrogens (primary N) is 1. The molecule has 2 aromatic rings. The summed E-state index contributed by atoms with van der Waals surface area (Å²) in [6.07, 6.45) is 2.13. The highest BCUT2D eigenvalue weighted by Crippen LogP contribution is 2.32. The summed E-state index contributed by atoms with van der Waals surface area (Å²) in [7, 11) is 0.